The van der Waals surface area contributed by atoms with Crippen molar-refractivity contribution in [2.24, 2.45) is 0 Å². The van der Waals surface area contributed by atoms with Gasteiger partial charge in [0.2, 0.25) is 0 Å². The van der Waals surface area contributed by atoms with Gasteiger partial charge < -0.3 is 19.8 Å². The van der Waals surface area contributed by atoms with Gasteiger partial charge in [0.15, 0.2) is 6.29 Å². The molecule has 0 aliphatic carbocycles. The maximum absolute atomic E-state index is 10.1. The Labute approximate surface area is 62.6 Å². The fourth-order valence-electron chi connectivity index (χ4n) is 0.568. The van der Waals surface area contributed by atoms with E-state index in [1.165, 1.54) is 0 Å². The van der Waals surface area contributed by atoms with Crippen molar-refractivity contribution in [1.82, 2.24) is 0 Å². The van der Waals surface area contributed by atoms with Crippen LogP contribution in [0.5, 0.6) is 0 Å². The normalized spacial score (nSPS) is 15.0. The summed E-state index contributed by atoms with van der Waals surface area (Å²) in [5.74, 6) is -1.32. The van der Waals surface area contributed by atoms with Gasteiger partial charge in [0.1, 0.15) is 11.9 Å². The molecule has 0 spiro atoms. The number of hydrogen-bond donors (Lipinski definition) is 2. The summed E-state index contributed by atoms with van der Waals surface area (Å²) in [5, 5.41) is 17.2. The van der Waals surface area contributed by atoms with Crippen molar-refractivity contribution in [3.05, 3.63) is 0 Å². The van der Waals surface area contributed by atoms with E-state index >= 15 is 0 Å². The number of carboxylic acid groups (broad SMARTS) is 1. The molecule has 0 aromatic heterocycles. The molecular weight excluding hydrogens is 152 g/mol. The van der Waals surface area contributed by atoms with Crippen LogP contribution in [0.25, 0.3) is 0 Å². The first-order valence-electron chi connectivity index (χ1n) is 2.88. The maximum Gasteiger partial charge on any atom is 0.306 e. The second-order valence-electron chi connectivity index (χ2n) is 2.16. The van der Waals surface area contributed by atoms with Crippen LogP contribution >= 0.6 is 0 Å². The Hall–Kier alpha value is -1.23. The molecule has 0 aromatic rings. The Kier molecular flexibility index (Phi) is 3.39. The number of carbonyl (C=O) groups is 3. The molecule has 0 saturated carbocycles. The highest BCUT2D eigenvalue weighted by Crippen LogP contribution is 2.09. The van der Waals surface area contributed by atoms with E-state index in [1.54, 1.807) is 0 Å². The van der Waals surface area contributed by atoms with Gasteiger partial charge in [0.05, 0.1) is 6.42 Å². The highest BCUT2D eigenvalue weighted by molar-refractivity contribution is 5.78. The topological polar surface area (TPSA) is 91.7 Å². The molecule has 0 aromatic carbocycles. The van der Waals surface area contributed by atoms with Crippen LogP contribution in [0.2, 0.25) is 0 Å². The van der Waals surface area contributed by atoms with Crippen LogP contribution in [-0.4, -0.2) is 34.4 Å². The third-order valence-electron chi connectivity index (χ3n) is 1.11. The number of aliphatic hydroxyl groups is 1. The predicted octanol–water partition coefficient (Wildman–Crippen LogP) is -1.02. The molecule has 0 aliphatic heterocycles. The van der Waals surface area contributed by atoms with Crippen molar-refractivity contribution in [3.8, 4) is 0 Å². The molecule has 0 amide bonds. The fraction of sp³-hybridized carbons (Fsp3) is 0.500. The predicted molar refractivity (Wildman–Crippen MR) is 33.9 cm³/mol. The quantitative estimate of drug-likeness (QED) is 0.502. The van der Waals surface area contributed by atoms with Gasteiger partial charge in [-0.3, -0.25) is 4.79 Å². The number of rotatable bonds is 5. The molecule has 0 heterocycles. The van der Waals surface area contributed by atoms with E-state index in [9.17, 15) is 14.4 Å². The molecule has 62 valence electrons. The van der Waals surface area contributed by atoms with Crippen LogP contribution in [0.1, 0.15) is 12.8 Å². The third kappa shape index (κ3) is 3.47. The lowest BCUT2D eigenvalue weighted by Gasteiger charge is -2.14. The highest BCUT2D eigenvalue weighted by atomic mass is 16.4. The Balaban J connectivity index is 4.19. The SMILES string of the molecule is O=CCC(O)(C=O)CC(=O)O. The Morgan fingerprint density at radius 1 is 1.45 bits per heavy atom. The summed E-state index contributed by atoms with van der Waals surface area (Å²) in [7, 11) is 0. The van der Waals surface area contributed by atoms with Gasteiger partial charge in [-0.15, -0.1) is 0 Å². The van der Waals surface area contributed by atoms with Gasteiger partial charge in [0, 0.05) is 6.42 Å². The summed E-state index contributed by atoms with van der Waals surface area (Å²) >= 11 is 0. The van der Waals surface area contributed by atoms with Crippen LogP contribution in [-0.2, 0) is 14.4 Å². The summed E-state index contributed by atoms with van der Waals surface area (Å²) in [6.45, 7) is 0. The maximum atomic E-state index is 10.1. The summed E-state index contributed by atoms with van der Waals surface area (Å²) in [6, 6.07) is 0. The summed E-state index contributed by atoms with van der Waals surface area (Å²) < 4.78 is 0. The van der Waals surface area contributed by atoms with Crippen LogP contribution in [0, 0.1) is 0 Å². The van der Waals surface area contributed by atoms with Gasteiger partial charge in [-0.25, -0.2) is 0 Å². The third-order valence-corrected chi connectivity index (χ3v) is 1.11. The van der Waals surface area contributed by atoms with Crippen molar-refractivity contribution in [2.45, 2.75) is 18.4 Å². The Morgan fingerprint density at radius 2 is 2.00 bits per heavy atom. The number of carboxylic acids is 1. The molecule has 2 N–H and O–H groups in total. The molecule has 11 heavy (non-hydrogen) atoms. The molecule has 0 aliphatic rings. The van der Waals surface area contributed by atoms with Gasteiger partial charge >= 0.3 is 5.97 Å². The van der Waals surface area contributed by atoms with Crippen molar-refractivity contribution < 1.29 is 24.6 Å². The first-order valence-corrected chi connectivity index (χ1v) is 2.88. The minimum Gasteiger partial charge on any atom is -0.481 e. The average Bonchev–Trinajstić information content (AvgIpc) is 1.87. The average molecular weight is 160 g/mol. The van der Waals surface area contributed by atoms with Gasteiger partial charge in [-0.1, -0.05) is 0 Å². The Bertz CT molecular complexity index is 176. The molecule has 1 atom stereocenters. The largest absolute Gasteiger partial charge is 0.481 e. The molecule has 5 nitrogen and oxygen atoms in total. The lowest BCUT2D eigenvalue weighted by atomic mass is 9.99. The number of hydrogen-bond acceptors (Lipinski definition) is 4. The number of aliphatic carboxylic acids is 1. The van der Waals surface area contributed by atoms with Crippen molar-refractivity contribution in [3.63, 3.8) is 0 Å². The zero-order chi connectivity index (χ0) is 8.91. The van der Waals surface area contributed by atoms with Crippen molar-refractivity contribution in [2.75, 3.05) is 0 Å². The van der Waals surface area contributed by atoms with Gasteiger partial charge in [-0.2, -0.15) is 0 Å². The minimum absolute atomic E-state index is 0.0650. The summed E-state index contributed by atoms with van der Waals surface area (Å²) in [5.41, 5.74) is -2.03. The summed E-state index contributed by atoms with van der Waals surface area (Å²) in [6.07, 6.45) is -0.856. The van der Waals surface area contributed by atoms with Crippen LogP contribution in [0.15, 0.2) is 0 Å². The standard InChI is InChI=1S/C6H8O5/c7-2-1-6(11,4-8)3-5(9)10/h2,4,11H,1,3H2,(H,9,10). The van der Waals surface area contributed by atoms with E-state index < -0.39 is 24.4 Å². The van der Waals surface area contributed by atoms with E-state index in [-0.39, 0.29) is 6.29 Å². The fourth-order valence-corrected chi connectivity index (χ4v) is 0.568. The second-order valence-corrected chi connectivity index (χ2v) is 2.16. The second kappa shape index (κ2) is 3.82. The number of aldehydes is 2. The first-order chi connectivity index (χ1) is 5.04. The first kappa shape index (κ1) is 9.77. The lowest BCUT2D eigenvalue weighted by Crippen LogP contribution is -2.33. The Morgan fingerprint density at radius 3 is 2.27 bits per heavy atom. The molecule has 1 unspecified atom stereocenters. The molecule has 0 saturated heterocycles. The number of carbonyl (C=O) groups excluding carboxylic acids is 2. The molecule has 0 radical (unpaired) electrons. The van der Waals surface area contributed by atoms with Gasteiger partial charge in [0.25, 0.3) is 0 Å². The van der Waals surface area contributed by atoms with E-state index in [0.29, 0.717) is 6.29 Å². The monoisotopic (exact) mass is 160 g/mol. The van der Waals surface area contributed by atoms with E-state index in [0.717, 1.165) is 0 Å². The van der Waals surface area contributed by atoms with E-state index in [1.807, 2.05) is 0 Å². The van der Waals surface area contributed by atoms with Crippen LogP contribution in [0.4, 0.5) is 0 Å². The summed E-state index contributed by atoms with van der Waals surface area (Å²) in [4.78, 5) is 29.9. The molecule has 0 rings (SSSR count). The van der Waals surface area contributed by atoms with Gasteiger partial charge in [-0.05, 0) is 0 Å². The molecule has 5 heteroatoms. The van der Waals surface area contributed by atoms with E-state index in [2.05, 4.69) is 0 Å². The minimum atomic E-state index is -2.03. The van der Waals surface area contributed by atoms with Crippen molar-refractivity contribution >= 4 is 18.5 Å². The molecular formula is C6H8O5. The van der Waals surface area contributed by atoms with E-state index in [4.69, 9.17) is 10.2 Å². The zero-order valence-corrected chi connectivity index (χ0v) is 5.69. The van der Waals surface area contributed by atoms with Crippen molar-refractivity contribution in [1.29, 1.82) is 0 Å². The zero-order valence-electron chi connectivity index (χ0n) is 5.69. The molecule has 0 bridgehead atoms. The lowest BCUT2D eigenvalue weighted by molar-refractivity contribution is -0.147. The highest BCUT2D eigenvalue weighted by Gasteiger charge is 2.28. The molecule has 0 fully saturated rings. The smallest absolute Gasteiger partial charge is 0.306 e. The van der Waals surface area contributed by atoms with Crippen LogP contribution in [0.3, 0.4) is 0 Å². The van der Waals surface area contributed by atoms with Crippen LogP contribution < -0.4 is 0 Å².